The predicted molar refractivity (Wildman–Crippen MR) is 82.0 cm³/mol. The van der Waals surface area contributed by atoms with Gasteiger partial charge < -0.3 is 4.90 Å². The van der Waals surface area contributed by atoms with Gasteiger partial charge in [0.1, 0.15) is 0 Å². The van der Waals surface area contributed by atoms with Gasteiger partial charge in [-0.1, -0.05) is 0 Å². The summed E-state index contributed by atoms with van der Waals surface area (Å²) in [4.78, 5) is 14.2. The molecule has 3 rings (SSSR count). The van der Waals surface area contributed by atoms with Gasteiger partial charge in [-0.2, -0.15) is 0 Å². The van der Waals surface area contributed by atoms with Gasteiger partial charge in [0.15, 0.2) is 0 Å². The number of hydrogen-bond donors (Lipinski definition) is 0. The van der Waals surface area contributed by atoms with Crippen molar-refractivity contribution < 1.29 is 13.2 Å². The molecular weight excluding hydrogens is 288 g/mol. The first-order valence-electron chi connectivity index (χ1n) is 7.18. The number of sulfonamides is 1. The maximum Gasteiger partial charge on any atom is 0.253 e. The third-order valence-electron chi connectivity index (χ3n) is 4.25. The smallest absolute Gasteiger partial charge is 0.253 e. The van der Waals surface area contributed by atoms with Gasteiger partial charge in [-0.15, -0.1) is 0 Å². The fourth-order valence-electron chi connectivity index (χ4n) is 3.07. The van der Waals surface area contributed by atoms with Gasteiger partial charge in [0.25, 0.3) is 5.91 Å². The topological polar surface area (TPSA) is 57.7 Å². The van der Waals surface area contributed by atoms with Crippen LogP contribution in [0.15, 0.2) is 18.2 Å². The first-order chi connectivity index (χ1) is 9.79. The highest BCUT2D eigenvalue weighted by molar-refractivity contribution is 7.92. The first-order valence-corrected chi connectivity index (χ1v) is 9.03. The third-order valence-corrected chi connectivity index (χ3v) is 5.52. The van der Waals surface area contributed by atoms with Crippen LogP contribution in [0.5, 0.6) is 0 Å². The van der Waals surface area contributed by atoms with Crippen molar-refractivity contribution in [1.82, 2.24) is 4.90 Å². The summed E-state index contributed by atoms with van der Waals surface area (Å²) in [5.74, 6) is 0.0192. The predicted octanol–water partition coefficient (Wildman–Crippen LogP) is 1.63. The zero-order chi connectivity index (χ0) is 15.4. The Balaban J connectivity index is 1.93. The molecular formula is C15H20N2O3S. The van der Waals surface area contributed by atoms with E-state index in [1.54, 1.807) is 17.0 Å². The summed E-state index contributed by atoms with van der Waals surface area (Å²) in [5, 5.41) is 0. The fourth-order valence-corrected chi connectivity index (χ4v) is 4.34. The lowest BCUT2D eigenvalue weighted by molar-refractivity contribution is 0.0785. The molecule has 0 saturated heterocycles. The Labute approximate surface area is 125 Å². The van der Waals surface area contributed by atoms with Crippen molar-refractivity contribution in [2.45, 2.75) is 38.3 Å². The standard InChI is InChI=1S/C15H20N2O3S/c1-10-8-12-9-11(15(18)16(2)13-5-6-13)4-7-14(12)17(10)21(3,19)20/h4,7,9-10,13H,5-6,8H2,1-3H3. The summed E-state index contributed by atoms with van der Waals surface area (Å²) in [5.41, 5.74) is 2.28. The van der Waals surface area contributed by atoms with Crippen molar-refractivity contribution in [3.8, 4) is 0 Å². The minimum absolute atomic E-state index is 0.0192. The zero-order valence-electron chi connectivity index (χ0n) is 12.5. The van der Waals surface area contributed by atoms with Gasteiger partial charge in [-0.3, -0.25) is 9.10 Å². The molecule has 1 heterocycles. The molecule has 1 aromatic rings. The Morgan fingerprint density at radius 2 is 2.00 bits per heavy atom. The Hall–Kier alpha value is -1.56. The van der Waals surface area contributed by atoms with Crippen molar-refractivity contribution in [2.24, 2.45) is 0 Å². The van der Waals surface area contributed by atoms with Crippen LogP contribution in [-0.2, 0) is 16.4 Å². The molecule has 0 aromatic heterocycles. The number of carbonyl (C=O) groups excluding carboxylic acids is 1. The lowest BCUT2D eigenvalue weighted by atomic mass is 10.1. The second kappa shape index (κ2) is 4.73. The second-order valence-electron chi connectivity index (χ2n) is 6.10. The molecule has 1 saturated carbocycles. The molecule has 0 bridgehead atoms. The quantitative estimate of drug-likeness (QED) is 0.853. The highest BCUT2D eigenvalue weighted by Crippen LogP contribution is 2.35. The van der Waals surface area contributed by atoms with Crippen LogP contribution in [0.25, 0.3) is 0 Å². The minimum Gasteiger partial charge on any atom is -0.339 e. The third kappa shape index (κ3) is 2.52. The van der Waals surface area contributed by atoms with Gasteiger partial charge in [-0.05, 0) is 49.9 Å². The molecule has 21 heavy (non-hydrogen) atoms. The summed E-state index contributed by atoms with van der Waals surface area (Å²) >= 11 is 0. The maximum absolute atomic E-state index is 12.4. The Kier molecular flexibility index (Phi) is 3.24. The maximum atomic E-state index is 12.4. The molecule has 5 nitrogen and oxygen atoms in total. The SMILES string of the molecule is CC1Cc2cc(C(=O)N(C)C3CC3)ccc2N1S(C)(=O)=O. The van der Waals surface area contributed by atoms with Gasteiger partial charge >= 0.3 is 0 Å². The summed E-state index contributed by atoms with van der Waals surface area (Å²) in [7, 11) is -1.45. The average Bonchev–Trinajstić information content (AvgIpc) is 3.17. The van der Waals surface area contributed by atoms with E-state index in [1.807, 2.05) is 20.0 Å². The van der Waals surface area contributed by atoms with Crippen LogP contribution in [0.2, 0.25) is 0 Å². The van der Waals surface area contributed by atoms with Crippen LogP contribution in [0.1, 0.15) is 35.7 Å². The van der Waals surface area contributed by atoms with Crippen LogP contribution in [0.3, 0.4) is 0 Å². The van der Waals surface area contributed by atoms with Crippen LogP contribution in [0, 0.1) is 0 Å². The molecule has 0 radical (unpaired) electrons. The van der Waals surface area contributed by atoms with E-state index in [0.717, 1.165) is 18.4 Å². The van der Waals surface area contributed by atoms with Crippen LogP contribution in [-0.4, -0.2) is 44.6 Å². The van der Waals surface area contributed by atoms with Crippen molar-refractivity contribution in [2.75, 3.05) is 17.6 Å². The number of hydrogen-bond acceptors (Lipinski definition) is 3. The molecule has 1 aliphatic heterocycles. The van der Waals surface area contributed by atoms with E-state index in [4.69, 9.17) is 0 Å². The van der Waals surface area contributed by atoms with Gasteiger partial charge in [0.2, 0.25) is 10.0 Å². The lowest BCUT2D eigenvalue weighted by Crippen LogP contribution is -2.34. The number of rotatable bonds is 3. The molecule has 2 aliphatic rings. The second-order valence-corrected chi connectivity index (χ2v) is 7.96. The van der Waals surface area contributed by atoms with E-state index in [1.165, 1.54) is 10.6 Å². The Bertz CT molecular complexity index is 695. The number of nitrogens with zero attached hydrogens (tertiary/aromatic N) is 2. The molecule has 0 N–H and O–H groups in total. The number of benzene rings is 1. The largest absolute Gasteiger partial charge is 0.339 e. The summed E-state index contributed by atoms with van der Waals surface area (Å²) in [6.45, 7) is 1.89. The molecule has 1 amide bonds. The van der Waals surface area contributed by atoms with E-state index in [-0.39, 0.29) is 11.9 Å². The van der Waals surface area contributed by atoms with Crippen LogP contribution in [0.4, 0.5) is 5.69 Å². The highest BCUT2D eigenvalue weighted by atomic mass is 32.2. The summed E-state index contributed by atoms with van der Waals surface area (Å²) in [6.07, 6.45) is 4.02. The van der Waals surface area contributed by atoms with Crippen molar-refractivity contribution in [1.29, 1.82) is 0 Å². The van der Waals surface area contributed by atoms with Gasteiger partial charge in [-0.25, -0.2) is 8.42 Å². The first kappa shape index (κ1) is 14.4. The highest BCUT2D eigenvalue weighted by Gasteiger charge is 2.34. The lowest BCUT2D eigenvalue weighted by Gasteiger charge is -2.22. The van der Waals surface area contributed by atoms with E-state index < -0.39 is 10.0 Å². The fraction of sp³-hybridized carbons (Fsp3) is 0.533. The van der Waals surface area contributed by atoms with E-state index in [9.17, 15) is 13.2 Å². The van der Waals surface area contributed by atoms with Gasteiger partial charge in [0, 0.05) is 24.7 Å². The van der Waals surface area contributed by atoms with E-state index in [2.05, 4.69) is 0 Å². The minimum atomic E-state index is -3.28. The molecule has 6 heteroatoms. The van der Waals surface area contributed by atoms with Gasteiger partial charge in [0.05, 0.1) is 11.9 Å². The molecule has 1 atom stereocenters. The van der Waals surface area contributed by atoms with Crippen molar-refractivity contribution in [3.63, 3.8) is 0 Å². The average molecular weight is 308 g/mol. The van der Waals surface area contributed by atoms with Crippen molar-refractivity contribution in [3.05, 3.63) is 29.3 Å². The van der Waals surface area contributed by atoms with E-state index >= 15 is 0 Å². The van der Waals surface area contributed by atoms with Crippen LogP contribution >= 0.6 is 0 Å². The molecule has 1 aliphatic carbocycles. The molecule has 0 spiro atoms. The summed E-state index contributed by atoms with van der Waals surface area (Å²) in [6, 6.07) is 5.61. The van der Waals surface area contributed by atoms with Crippen molar-refractivity contribution >= 4 is 21.6 Å². The molecule has 114 valence electrons. The molecule has 1 aromatic carbocycles. The number of fused-ring (bicyclic) bond motifs is 1. The molecule has 1 fully saturated rings. The number of carbonyl (C=O) groups is 1. The summed E-state index contributed by atoms with van der Waals surface area (Å²) < 4.78 is 25.2. The Morgan fingerprint density at radius 3 is 2.57 bits per heavy atom. The zero-order valence-corrected chi connectivity index (χ0v) is 13.4. The number of anilines is 1. The van der Waals surface area contributed by atoms with E-state index in [0.29, 0.717) is 23.7 Å². The monoisotopic (exact) mass is 308 g/mol. The Morgan fingerprint density at radius 1 is 1.33 bits per heavy atom. The molecule has 1 unspecified atom stereocenters. The normalized spacial score (nSPS) is 21.3. The van der Waals surface area contributed by atoms with Crippen LogP contribution < -0.4 is 4.31 Å². The number of amides is 1.